The van der Waals surface area contributed by atoms with E-state index in [2.05, 4.69) is 50.2 Å². The first kappa shape index (κ1) is 26.7. The average molecular weight is 475 g/mol. The van der Waals surface area contributed by atoms with E-state index in [0.29, 0.717) is 11.5 Å². The van der Waals surface area contributed by atoms with E-state index < -0.39 is 0 Å². The molecule has 0 saturated heterocycles. The fraction of sp³-hybridized carbons (Fsp3) is 0.438. The van der Waals surface area contributed by atoms with Crippen LogP contribution in [0.5, 0.6) is 17.2 Å². The first-order chi connectivity index (χ1) is 17.2. The number of ether oxygens (including phenoxy) is 2. The molecule has 0 saturated carbocycles. The second-order valence-electron chi connectivity index (χ2n) is 9.34. The standard InChI is InChI=1S/C32H42O3/c1-3-5-7-15-23-29(26-18-11-9-12-19-26)34-31-25-17-22-28(33)32(31)35-30(24-16-8-6-4-2)27-20-13-10-14-21-27/h9-14,17-22,25,29-30,33H,3-8,15-16,23-24H2,1-2H3. The van der Waals surface area contributed by atoms with Crippen molar-refractivity contribution in [2.75, 3.05) is 0 Å². The Balaban J connectivity index is 1.83. The Kier molecular flexibility index (Phi) is 11.5. The highest BCUT2D eigenvalue weighted by Gasteiger charge is 2.22. The number of phenolic OH excluding ortho intramolecular Hbond substituents is 1. The Bertz CT molecular complexity index is 955. The second kappa shape index (κ2) is 15.1. The molecule has 188 valence electrons. The summed E-state index contributed by atoms with van der Waals surface area (Å²) in [7, 11) is 0. The smallest absolute Gasteiger partial charge is 0.203 e. The highest BCUT2D eigenvalue weighted by atomic mass is 16.5. The Hall–Kier alpha value is -2.94. The van der Waals surface area contributed by atoms with Crippen molar-refractivity contribution in [3.8, 4) is 17.2 Å². The van der Waals surface area contributed by atoms with Crippen molar-refractivity contribution >= 4 is 0 Å². The highest BCUT2D eigenvalue weighted by Crippen LogP contribution is 2.42. The molecule has 0 aliphatic heterocycles. The van der Waals surface area contributed by atoms with Gasteiger partial charge in [-0.05, 0) is 48.9 Å². The molecular formula is C32H42O3. The molecule has 3 aromatic carbocycles. The van der Waals surface area contributed by atoms with E-state index in [-0.39, 0.29) is 18.0 Å². The van der Waals surface area contributed by atoms with Gasteiger partial charge < -0.3 is 14.6 Å². The molecule has 2 atom stereocenters. The van der Waals surface area contributed by atoms with E-state index in [1.807, 2.05) is 36.4 Å². The van der Waals surface area contributed by atoms with Gasteiger partial charge >= 0.3 is 0 Å². The minimum atomic E-state index is -0.136. The first-order valence-electron chi connectivity index (χ1n) is 13.5. The zero-order valence-electron chi connectivity index (χ0n) is 21.5. The van der Waals surface area contributed by atoms with Crippen LogP contribution in [0.15, 0.2) is 78.9 Å². The molecule has 0 heterocycles. The number of rotatable bonds is 16. The van der Waals surface area contributed by atoms with E-state index >= 15 is 0 Å². The van der Waals surface area contributed by atoms with E-state index in [1.54, 1.807) is 6.07 Å². The zero-order valence-corrected chi connectivity index (χ0v) is 21.5. The number of para-hydroxylation sites is 1. The van der Waals surface area contributed by atoms with Gasteiger partial charge in [0.15, 0.2) is 11.5 Å². The summed E-state index contributed by atoms with van der Waals surface area (Å²) >= 11 is 0. The minimum Gasteiger partial charge on any atom is -0.504 e. The summed E-state index contributed by atoms with van der Waals surface area (Å²) in [5.41, 5.74) is 2.27. The lowest BCUT2D eigenvalue weighted by Crippen LogP contribution is -2.12. The Labute approximate surface area is 212 Å². The maximum Gasteiger partial charge on any atom is 0.203 e. The first-order valence-corrected chi connectivity index (χ1v) is 13.5. The van der Waals surface area contributed by atoms with Gasteiger partial charge in [0, 0.05) is 0 Å². The number of hydrogen-bond donors (Lipinski definition) is 1. The molecule has 0 radical (unpaired) electrons. The number of phenols is 1. The molecule has 3 rings (SSSR count). The third kappa shape index (κ3) is 8.65. The molecule has 0 aliphatic rings. The summed E-state index contributed by atoms with van der Waals surface area (Å²) in [5, 5.41) is 10.8. The van der Waals surface area contributed by atoms with Gasteiger partial charge in [-0.25, -0.2) is 0 Å². The molecule has 0 amide bonds. The SMILES string of the molecule is CCCCCCC(Oc1cccc(O)c1OC(CCCCCC)c1ccccc1)c1ccccc1. The molecule has 35 heavy (non-hydrogen) atoms. The molecule has 1 N–H and O–H groups in total. The number of benzene rings is 3. The monoisotopic (exact) mass is 474 g/mol. The fourth-order valence-electron chi connectivity index (χ4n) is 4.45. The molecule has 0 aromatic heterocycles. The molecule has 3 heteroatoms. The van der Waals surface area contributed by atoms with Crippen molar-refractivity contribution < 1.29 is 14.6 Å². The van der Waals surface area contributed by atoms with Crippen LogP contribution in [0.3, 0.4) is 0 Å². The largest absolute Gasteiger partial charge is 0.504 e. The van der Waals surface area contributed by atoms with Gasteiger partial charge in [-0.3, -0.25) is 0 Å². The fourth-order valence-corrected chi connectivity index (χ4v) is 4.45. The lowest BCUT2D eigenvalue weighted by Gasteiger charge is -2.25. The third-order valence-corrected chi connectivity index (χ3v) is 6.47. The number of hydrogen-bond acceptors (Lipinski definition) is 3. The van der Waals surface area contributed by atoms with E-state index in [1.165, 1.54) is 38.5 Å². The van der Waals surface area contributed by atoms with Crippen LogP contribution in [0.25, 0.3) is 0 Å². The molecule has 3 aromatic rings. The van der Waals surface area contributed by atoms with Crippen LogP contribution in [0.2, 0.25) is 0 Å². The predicted molar refractivity (Wildman–Crippen MR) is 145 cm³/mol. The highest BCUT2D eigenvalue weighted by molar-refractivity contribution is 5.51. The zero-order chi connectivity index (χ0) is 24.7. The Morgan fingerprint density at radius 2 is 1.09 bits per heavy atom. The molecule has 0 spiro atoms. The molecular weight excluding hydrogens is 432 g/mol. The van der Waals surface area contributed by atoms with Crippen molar-refractivity contribution in [3.05, 3.63) is 90.0 Å². The van der Waals surface area contributed by atoms with Gasteiger partial charge in [0.1, 0.15) is 12.2 Å². The van der Waals surface area contributed by atoms with E-state index in [4.69, 9.17) is 9.47 Å². The average Bonchev–Trinajstić information content (AvgIpc) is 2.90. The number of unbranched alkanes of at least 4 members (excludes halogenated alkanes) is 6. The van der Waals surface area contributed by atoms with E-state index in [9.17, 15) is 5.11 Å². The quantitative estimate of drug-likeness (QED) is 0.210. The maximum absolute atomic E-state index is 10.8. The van der Waals surface area contributed by atoms with Gasteiger partial charge in [-0.15, -0.1) is 0 Å². The van der Waals surface area contributed by atoms with Crippen LogP contribution in [0, 0.1) is 0 Å². The number of aromatic hydroxyl groups is 1. The van der Waals surface area contributed by atoms with Gasteiger partial charge in [-0.2, -0.15) is 0 Å². The van der Waals surface area contributed by atoms with Gasteiger partial charge in [0.2, 0.25) is 5.75 Å². The van der Waals surface area contributed by atoms with Crippen molar-refractivity contribution in [1.82, 2.24) is 0 Å². The van der Waals surface area contributed by atoms with E-state index in [0.717, 1.165) is 36.8 Å². The molecule has 0 aliphatic carbocycles. The van der Waals surface area contributed by atoms with Crippen LogP contribution < -0.4 is 9.47 Å². The van der Waals surface area contributed by atoms with Gasteiger partial charge in [0.05, 0.1) is 0 Å². The topological polar surface area (TPSA) is 38.7 Å². The second-order valence-corrected chi connectivity index (χ2v) is 9.34. The van der Waals surface area contributed by atoms with Crippen LogP contribution in [-0.4, -0.2) is 5.11 Å². The van der Waals surface area contributed by atoms with Crippen molar-refractivity contribution in [1.29, 1.82) is 0 Å². The molecule has 0 fully saturated rings. The molecule has 3 nitrogen and oxygen atoms in total. The molecule has 0 bridgehead atoms. The predicted octanol–water partition coefficient (Wildman–Crippen LogP) is 9.57. The maximum atomic E-state index is 10.8. The van der Waals surface area contributed by atoms with Crippen molar-refractivity contribution in [2.24, 2.45) is 0 Å². The summed E-state index contributed by atoms with van der Waals surface area (Å²) in [5.74, 6) is 1.16. The van der Waals surface area contributed by atoms with Crippen molar-refractivity contribution in [2.45, 2.75) is 90.3 Å². The lowest BCUT2D eigenvalue weighted by molar-refractivity contribution is 0.148. The minimum absolute atomic E-state index is 0.0862. The lowest BCUT2D eigenvalue weighted by atomic mass is 10.0. The van der Waals surface area contributed by atoms with Gasteiger partial charge in [0.25, 0.3) is 0 Å². The van der Waals surface area contributed by atoms with Crippen LogP contribution in [0.1, 0.15) is 101 Å². The van der Waals surface area contributed by atoms with Gasteiger partial charge in [-0.1, -0.05) is 119 Å². The van der Waals surface area contributed by atoms with Crippen LogP contribution >= 0.6 is 0 Å². The summed E-state index contributed by atoms with van der Waals surface area (Å²) in [6, 6.07) is 26.1. The Morgan fingerprint density at radius 3 is 1.60 bits per heavy atom. The summed E-state index contributed by atoms with van der Waals surface area (Å²) < 4.78 is 13.1. The summed E-state index contributed by atoms with van der Waals surface area (Å²) in [6.45, 7) is 4.45. The van der Waals surface area contributed by atoms with Crippen LogP contribution in [0.4, 0.5) is 0 Å². The molecule has 2 unspecified atom stereocenters. The summed E-state index contributed by atoms with van der Waals surface area (Å²) in [6.07, 6.45) is 11.0. The van der Waals surface area contributed by atoms with Crippen molar-refractivity contribution in [3.63, 3.8) is 0 Å². The van der Waals surface area contributed by atoms with Crippen LogP contribution in [-0.2, 0) is 0 Å². The normalized spacial score (nSPS) is 12.7. The third-order valence-electron chi connectivity index (χ3n) is 6.47. The summed E-state index contributed by atoms with van der Waals surface area (Å²) in [4.78, 5) is 0. The Morgan fingerprint density at radius 1 is 0.571 bits per heavy atom.